The molecule has 4 nitrogen and oxygen atoms in total. The fourth-order valence-electron chi connectivity index (χ4n) is 0. The number of hydrogen-bond donors (Lipinski definition) is 2. The summed E-state index contributed by atoms with van der Waals surface area (Å²) in [4.78, 5) is 9.45. The van der Waals surface area contributed by atoms with Crippen molar-refractivity contribution in [3.8, 4) is 0 Å². The molecule has 48 valence electrons. The number of aliphatic carboxylic acids is 1. The predicted molar refractivity (Wildman–Crippen MR) is 25.2 cm³/mol. The minimum atomic E-state index is -1.23. The molecular formula is C3H10Na2O4. The average molecular weight is 156 g/mol. The molecule has 4 N–H and O–H groups in total. The van der Waals surface area contributed by atoms with Gasteiger partial charge in [0.2, 0.25) is 0 Å². The number of carbonyl (C=O) groups is 1. The van der Waals surface area contributed by atoms with E-state index in [4.69, 9.17) is 10.2 Å². The van der Waals surface area contributed by atoms with Crippen molar-refractivity contribution in [2.24, 2.45) is 0 Å². The van der Waals surface area contributed by atoms with Gasteiger partial charge in [0, 0.05) is 0 Å². The van der Waals surface area contributed by atoms with Gasteiger partial charge in [-0.25, -0.2) is 4.79 Å². The molecule has 9 heavy (non-hydrogen) atoms. The topological polar surface area (TPSA) is 89.0 Å². The van der Waals surface area contributed by atoms with Crippen LogP contribution in [0.15, 0.2) is 0 Å². The zero-order valence-corrected chi connectivity index (χ0v) is 9.88. The molecule has 0 aromatic carbocycles. The molecule has 0 aliphatic carbocycles. The molecule has 1 unspecified atom stereocenters. The Morgan fingerprint density at radius 2 is 1.67 bits per heavy atom. The summed E-state index contributed by atoms with van der Waals surface area (Å²) in [7, 11) is 0. The second kappa shape index (κ2) is 12.1. The van der Waals surface area contributed by atoms with Gasteiger partial charge in [0.05, 0.1) is 0 Å². The Morgan fingerprint density at radius 1 is 1.56 bits per heavy atom. The Labute approximate surface area is 100 Å². The molecule has 0 rings (SSSR count). The first-order chi connectivity index (χ1) is 2.64. The summed E-state index contributed by atoms with van der Waals surface area (Å²) in [5.74, 6) is -1.19. The van der Waals surface area contributed by atoms with Crippen LogP contribution in [0, 0.1) is 0 Å². The van der Waals surface area contributed by atoms with Crippen molar-refractivity contribution in [2.45, 2.75) is 13.0 Å². The zero-order chi connectivity index (χ0) is 5.15. The normalized spacial score (nSPS) is 9.11. The largest absolute Gasteiger partial charge is 1.00 e. The molecule has 6 heteroatoms. The molecule has 0 saturated heterocycles. The van der Waals surface area contributed by atoms with Crippen LogP contribution in [-0.2, 0) is 4.79 Å². The number of carboxylic acids is 1. The molecule has 1 atom stereocenters. The Balaban J connectivity index is -0.0000000125. The van der Waals surface area contributed by atoms with Crippen molar-refractivity contribution in [3.63, 3.8) is 0 Å². The number of carboxylic acid groups (broad SMARTS) is 1. The van der Waals surface area contributed by atoms with Crippen molar-refractivity contribution in [1.29, 1.82) is 0 Å². The maximum Gasteiger partial charge on any atom is 1.00 e. The SMILES string of the molecule is CC(O)C(=O)O.O.[H-].[H-].[Na+].[Na+]. The van der Waals surface area contributed by atoms with Crippen LogP contribution < -0.4 is 59.1 Å². The van der Waals surface area contributed by atoms with Gasteiger partial charge in [-0.15, -0.1) is 0 Å². The van der Waals surface area contributed by atoms with Crippen LogP contribution in [0.4, 0.5) is 0 Å². The van der Waals surface area contributed by atoms with Crippen LogP contribution in [-0.4, -0.2) is 27.8 Å². The second-order valence-corrected chi connectivity index (χ2v) is 1.01. The summed E-state index contributed by atoms with van der Waals surface area (Å²) in [6.45, 7) is 1.20. The molecule has 0 aliphatic rings. The van der Waals surface area contributed by atoms with E-state index in [9.17, 15) is 4.79 Å². The van der Waals surface area contributed by atoms with Crippen LogP contribution in [0.2, 0.25) is 0 Å². The third kappa shape index (κ3) is 17.7. The van der Waals surface area contributed by atoms with E-state index in [2.05, 4.69) is 0 Å². The molecule has 0 spiro atoms. The van der Waals surface area contributed by atoms with E-state index in [-0.39, 0.29) is 67.4 Å². The van der Waals surface area contributed by atoms with Crippen LogP contribution in [0.25, 0.3) is 0 Å². The maximum absolute atomic E-state index is 9.45. The molecule has 0 aromatic rings. The van der Waals surface area contributed by atoms with Gasteiger partial charge in [-0.2, -0.15) is 0 Å². The summed E-state index contributed by atoms with van der Waals surface area (Å²) in [6, 6.07) is 0. The van der Waals surface area contributed by atoms with Crippen molar-refractivity contribution in [2.75, 3.05) is 0 Å². The monoisotopic (exact) mass is 156 g/mol. The molecule has 0 heterocycles. The summed E-state index contributed by atoms with van der Waals surface area (Å²) < 4.78 is 0. The molecule has 0 aliphatic heterocycles. The van der Waals surface area contributed by atoms with Crippen LogP contribution in [0.3, 0.4) is 0 Å². The molecule has 0 fully saturated rings. The number of rotatable bonds is 1. The van der Waals surface area contributed by atoms with Gasteiger partial charge in [0.15, 0.2) is 0 Å². The van der Waals surface area contributed by atoms with E-state index in [1.165, 1.54) is 6.92 Å². The van der Waals surface area contributed by atoms with Crippen molar-refractivity contribution in [1.82, 2.24) is 0 Å². The van der Waals surface area contributed by atoms with Crippen LogP contribution in [0.5, 0.6) is 0 Å². The Bertz CT molecular complexity index is 72.4. The summed E-state index contributed by atoms with van der Waals surface area (Å²) in [5.41, 5.74) is 0. The van der Waals surface area contributed by atoms with E-state index in [0.29, 0.717) is 0 Å². The third-order valence-corrected chi connectivity index (χ3v) is 0.357. The van der Waals surface area contributed by atoms with Crippen molar-refractivity contribution in [3.05, 3.63) is 0 Å². The van der Waals surface area contributed by atoms with Gasteiger partial charge in [-0.1, -0.05) is 0 Å². The quantitative estimate of drug-likeness (QED) is 0.370. The first-order valence-corrected chi connectivity index (χ1v) is 1.55. The minimum Gasteiger partial charge on any atom is -1.00 e. The van der Waals surface area contributed by atoms with E-state index >= 15 is 0 Å². The van der Waals surface area contributed by atoms with Crippen LogP contribution >= 0.6 is 0 Å². The number of aliphatic hydroxyl groups excluding tert-OH is 1. The van der Waals surface area contributed by atoms with Crippen molar-refractivity contribution >= 4 is 5.97 Å². The van der Waals surface area contributed by atoms with E-state index < -0.39 is 12.1 Å². The Hall–Kier alpha value is 1.39. The fourth-order valence-corrected chi connectivity index (χ4v) is 0. The van der Waals surface area contributed by atoms with Gasteiger partial charge in [0.25, 0.3) is 0 Å². The van der Waals surface area contributed by atoms with Gasteiger partial charge in [-0.3, -0.25) is 0 Å². The molecule has 0 saturated carbocycles. The number of hydrogen-bond acceptors (Lipinski definition) is 2. The first kappa shape index (κ1) is 22.4. The third-order valence-electron chi connectivity index (χ3n) is 0.357. The van der Waals surface area contributed by atoms with Gasteiger partial charge >= 0.3 is 65.1 Å². The summed E-state index contributed by atoms with van der Waals surface area (Å²) >= 11 is 0. The maximum atomic E-state index is 9.45. The predicted octanol–water partition coefficient (Wildman–Crippen LogP) is -7.14. The standard InChI is InChI=1S/C3H6O3.2Na.H2O.2H/c1-2(4)3(5)6;;;;;/h2,4H,1H3,(H,5,6);;;1H2;;/q;2*+1;;2*-1. The van der Waals surface area contributed by atoms with Crippen LogP contribution in [0.1, 0.15) is 9.78 Å². The van der Waals surface area contributed by atoms with Gasteiger partial charge in [-0.05, 0) is 6.92 Å². The second-order valence-electron chi connectivity index (χ2n) is 1.01. The first-order valence-electron chi connectivity index (χ1n) is 1.55. The molecule has 0 bridgehead atoms. The van der Waals surface area contributed by atoms with Gasteiger partial charge in [0.1, 0.15) is 6.10 Å². The average Bonchev–Trinajstić information content (AvgIpc) is 1.36. The summed E-state index contributed by atoms with van der Waals surface area (Å²) in [6.07, 6.45) is -1.23. The summed E-state index contributed by atoms with van der Waals surface area (Å²) in [5, 5.41) is 15.8. The number of aliphatic hydroxyl groups is 1. The molecule has 0 aromatic heterocycles. The fraction of sp³-hybridized carbons (Fsp3) is 0.667. The smallest absolute Gasteiger partial charge is 1.00 e. The molecule has 0 radical (unpaired) electrons. The van der Waals surface area contributed by atoms with E-state index in [1.807, 2.05) is 0 Å². The van der Waals surface area contributed by atoms with Gasteiger partial charge < -0.3 is 18.5 Å². The molecular weight excluding hydrogens is 146 g/mol. The Kier molecular flexibility index (Phi) is 30.2. The minimum absolute atomic E-state index is 0. The van der Waals surface area contributed by atoms with Crippen molar-refractivity contribution < 1.29 is 82.5 Å². The Morgan fingerprint density at radius 3 is 1.67 bits per heavy atom. The zero-order valence-electron chi connectivity index (χ0n) is 7.88. The van der Waals surface area contributed by atoms with E-state index in [1.54, 1.807) is 0 Å². The molecule has 0 amide bonds. The van der Waals surface area contributed by atoms with E-state index in [0.717, 1.165) is 0 Å².